The van der Waals surface area contributed by atoms with Crippen LogP contribution in [-0.2, 0) is 16.2 Å². The van der Waals surface area contributed by atoms with Gasteiger partial charge in [0.05, 0.1) is 11.1 Å². The minimum absolute atomic E-state index is 0.186. The number of benzene rings is 10. The van der Waals surface area contributed by atoms with Crippen molar-refractivity contribution in [1.29, 1.82) is 0 Å². The van der Waals surface area contributed by atoms with E-state index in [2.05, 4.69) is 257 Å². The van der Waals surface area contributed by atoms with Gasteiger partial charge in [0.25, 0.3) is 0 Å². The average Bonchev–Trinajstić information content (AvgIpc) is 4.06. The molecule has 1 nitrogen and oxygen atoms in total. The Kier molecular flexibility index (Phi) is 8.54. The van der Waals surface area contributed by atoms with Crippen molar-refractivity contribution in [3.05, 3.63) is 269 Å². The van der Waals surface area contributed by atoms with Gasteiger partial charge >= 0.3 is 0 Å². The van der Waals surface area contributed by atoms with Crippen molar-refractivity contribution in [1.82, 2.24) is 0 Å². The first-order valence-corrected chi connectivity index (χ1v) is 25.2. The highest BCUT2D eigenvalue weighted by Crippen LogP contribution is 2.63. The molecule has 69 heavy (non-hydrogen) atoms. The van der Waals surface area contributed by atoms with E-state index in [0.717, 1.165) is 11.4 Å². The molecule has 11 aromatic rings. The van der Waals surface area contributed by atoms with Crippen LogP contribution in [0.3, 0.4) is 0 Å². The van der Waals surface area contributed by atoms with E-state index in [4.69, 9.17) is 0 Å². The van der Waals surface area contributed by atoms with Crippen molar-refractivity contribution in [3.63, 3.8) is 0 Å². The van der Waals surface area contributed by atoms with Crippen molar-refractivity contribution >= 4 is 48.6 Å². The highest BCUT2D eigenvalue weighted by Gasteiger charge is 2.49. The summed E-state index contributed by atoms with van der Waals surface area (Å²) in [6.07, 6.45) is 0. The number of anilines is 3. The molecule has 0 saturated carbocycles. The summed E-state index contributed by atoms with van der Waals surface area (Å²) in [7, 11) is 0. The lowest BCUT2D eigenvalue weighted by atomic mass is 9.67. The molecule has 0 N–H and O–H groups in total. The smallest absolute Gasteiger partial charge is 0.0714 e. The maximum absolute atomic E-state index is 2.67. The zero-order valence-corrected chi connectivity index (χ0v) is 40.0. The molecule has 1 aromatic heterocycles. The molecule has 0 amide bonds. The van der Waals surface area contributed by atoms with Crippen LogP contribution < -0.4 is 4.90 Å². The molecule has 14 rings (SSSR count). The van der Waals surface area contributed by atoms with E-state index >= 15 is 0 Å². The standard InChI is InChI=1S/C67H49NS/c1-65(2)54-29-17-14-26-48(54)50-36-33-46(39-57(50)65)68(47-34-37-51-49-27-15-18-30-55(49)66(3,4)58(51)40-47)64-62-52-28-16-19-31-56(52)67(44-22-10-6-11-23-44,45-24-12-7-13-25-45)59(62)41-61-63(64)53-35-32-43(38-60(53)69-61)42-20-8-5-9-21-42/h5-41H,1-4H3. The Morgan fingerprint density at radius 1 is 0.348 bits per heavy atom. The second-order valence-electron chi connectivity index (χ2n) is 20.4. The maximum Gasteiger partial charge on any atom is 0.0714 e. The van der Waals surface area contributed by atoms with Gasteiger partial charge in [0.2, 0.25) is 0 Å². The zero-order chi connectivity index (χ0) is 46.2. The predicted octanol–water partition coefficient (Wildman–Crippen LogP) is 18.2. The second-order valence-corrected chi connectivity index (χ2v) is 21.4. The maximum atomic E-state index is 2.67. The molecule has 0 atom stereocenters. The monoisotopic (exact) mass is 899 g/mol. The molecule has 2 heteroatoms. The van der Waals surface area contributed by atoms with Crippen LogP contribution in [0.4, 0.5) is 17.1 Å². The minimum atomic E-state index is -0.586. The fourth-order valence-corrected chi connectivity index (χ4v) is 14.1. The molecule has 3 aliphatic rings. The number of hydrogen-bond acceptors (Lipinski definition) is 2. The van der Waals surface area contributed by atoms with Crippen molar-refractivity contribution in [2.45, 2.75) is 43.9 Å². The van der Waals surface area contributed by atoms with Gasteiger partial charge in [-0.25, -0.2) is 0 Å². The molecular formula is C67H49NS. The first kappa shape index (κ1) is 40.3. The van der Waals surface area contributed by atoms with Crippen LogP contribution in [0.1, 0.15) is 72.2 Å². The van der Waals surface area contributed by atoms with Gasteiger partial charge in [-0.2, -0.15) is 0 Å². The van der Waals surface area contributed by atoms with E-state index in [1.165, 1.54) is 115 Å². The molecule has 0 unspecified atom stereocenters. The normalized spacial score (nSPS) is 15.0. The number of nitrogens with zero attached hydrogens (tertiary/aromatic N) is 1. The molecular weight excluding hydrogens is 851 g/mol. The molecule has 0 aliphatic heterocycles. The summed E-state index contributed by atoms with van der Waals surface area (Å²) >= 11 is 1.92. The third-order valence-electron chi connectivity index (χ3n) is 16.1. The molecule has 0 fully saturated rings. The summed E-state index contributed by atoms with van der Waals surface area (Å²) in [6.45, 7) is 9.61. The second kappa shape index (κ2) is 14.6. The SMILES string of the molecule is CC1(C)c2ccccc2-c2ccc(N(c3ccc4c(c3)C(C)(C)c3ccccc3-4)c3c4c(cc5sc6cc(-c7ccccc7)ccc6c35)C(c3ccccc3)(c3ccccc3)c3ccccc3-4)cc21. The van der Waals surface area contributed by atoms with Gasteiger partial charge in [-0.15, -0.1) is 11.3 Å². The lowest BCUT2D eigenvalue weighted by Gasteiger charge is -2.35. The molecule has 328 valence electrons. The Labute approximate surface area is 408 Å². The van der Waals surface area contributed by atoms with E-state index in [1.807, 2.05) is 11.3 Å². The third-order valence-corrected chi connectivity index (χ3v) is 17.2. The molecule has 1 heterocycles. The highest BCUT2D eigenvalue weighted by molar-refractivity contribution is 7.26. The van der Waals surface area contributed by atoms with Crippen molar-refractivity contribution in [2.24, 2.45) is 0 Å². The summed E-state index contributed by atoms with van der Waals surface area (Å²) in [6, 6.07) is 85.1. The number of thiophene rings is 1. The van der Waals surface area contributed by atoms with Crippen LogP contribution in [0.2, 0.25) is 0 Å². The predicted molar refractivity (Wildman–Crippen MR) is 292 cm³/mol. The number of rotatable bonds is 6. The summed E-state index contributed by atoms with van der Waals surface area (Å²) in [4.78, 5) is 2.67. The number of fused-ring (bicyclic) bond motifs is 12. The molecule has 0 bridgehead atoms. The van der Waals surface area contributed by atoms with Crippen LogP contribution in [0.5, 0.6) is 0 Å². The topological polar surface area (TPSA) is 3.24 Å². The molecule has 0 saturated heterocycles. The van der Waals surface area contributed by atoms with Gasteiger partial charge in [-0.1, -0.05) is 216 Å². The average molecular weight is 900 g/mol. The van der Waals surface area contributed by atoms with E-state index in [1.54, 1.807) is 0 Å². The summed E-state index contributed by atoms with van der Waals surface area (Å²) < 4.78 is 2.56. The van der Waals surface area contributed by atoms with Gasteiger partial charge in [0.15, 0.2) is 0 Å². The van der Waals surface area contributed by atoms with Crippen LogP contribution in [0.25, 0.3) is 64.7 Å². The van der Waals surface area contributed by atoms with Crippen LogP contribution in [0.15, 0.2) is 224 Å². The Balaban J connectivity index is 1.15. The summed E-state index contributed by atoms with van der Waals surface area (Å²) in [5, 5.41) is 2.56. The number of hydrogen-bond donors (Lipinski definition) is 0. The minimum Gasteiger partial charge on any atom is -0.309 e. The fourth-order valence-electron chi connectivity index (χ4n) is 12.9. The van der Waals surface area contributed by atoms with Crippen LogP contribution in [-0.4, -0.2) is 0 Å². The van der Waals surface area contributed by atoms with Gasteiger partial charge < -0.3 is 4.90 Å². The van der Waals surface area contributed by atoms with Gasteiger partial charge in [0, 0.05) is 47.9 Å². The molecule has 0 radical (unpaired) electrons. The van der Waals surface area contributed by atoms with Gasteiger partial charge in [0.1, 0.15) is 0 Å². The Hall–Kier alpha value is -7.78. The van der Waals surface area contributed by atoms with E-state index in [0.29, 0.717) is 0 Å². The summed E-state index contributed by atoms with van der Waals surface area (Å²) in [5.74, 6) is 0. The molecule has 10 aromatic carbocycles. The van der Waals surface area contributed by atoms with E-state index < -0.39 is 5.41 Å². The highest BCUT2D eigenvalue weighted by atomic mass is 32.1. The largest absolute Gasteiger partial charge is 0.309 e. The third kappa shape index (κ3) is 5.52. The van der Waals surface area contributed by atoms with Gasteiger partial charge in [-0.3, -0.25) is 0 Å². The molecule has 0 spiro atoms. The first-order valence-electron chi connectivity index (χ1n) is 24.3. The first-order chi connectivity index (χ1) is 33.7. The summed E-state index contributed by atoms with van der Waals surface area (Å²) in [5.41, 5.74) is 23.5. The van der Waals surface area contributed by atoms with Crippen LogP contribution >= 0.6 is 11.3 Å². The Morgan fingerprint density at radius 3 is 1.39 bits per heavy atom. The van der Waals surface area contributed by atoms with Crippen LogP contribution in [0, 0.1) is 0 Å². The zero-order valence-electron chi connectivity index (χ0n) is 39.2. The van der Waals surface area contributed by atoms with Crippen molar-refractivity contribution < 1.29 is 0 Å². The Bertz CT molecular complexity index is 3750. The Morgan fingerprint density at radius 2 is 0.826 bits per heavy atom. The van der Waals surface area contributed by atoms with Crippen molar-refractivity contribution in [2.75, 3.05) is 4.90 Å². The lowest BCUT2D eigenvalue weighted by Crippen LogP contribution is -2.28. The van der Waals surface area contributed by atoms with E-state index in [9.17, 15) is 0 Å². The quantitative estimate of drug-likeness (QED) is 0.161. The fraction of sp³-hybridized carbons (Fsp3) is 0.104. The van der Waals surface area contributed by atoms with Gasteiger partial charge in [-0.05, 0) is 120 Å². The lowest BCUT2D eigenvalue weighted by molar-refractivity contribution is 0.660. The van der Waals surface area contributed by atoms with Crippen molar-refractivity contribution in [3.8, 4) is 44.5 Å². The molecule has 3 aliphatic carbocycles. The van der Waals surface area contributed by atoms with E-state index in [-0.39, 0.29) is 10.8 Å².